The van der Waals surface area contributed by atoms with E-state index in [1.54, 1.807) is 6.20 Å². The Hall–Kier alpha value is -1.42. The minimum atomic E-state index is -0.233. The van der Waals surface area contributed by atoms with Gasteiger partial charge in [-0.1, -0.05) is 13.0 Å². The zero-order valence-electron chi connectivity index (χ0n) is 11.1. The van der Waals surface area contributed by atoms with Crippen LogP contribution in [0.4, 0.5) is 0 Å². The van der Waals surface area contributed by atoms with Crippen molar-refractivity contribution in [2.24, 2.45) is 5.41 Å². The van der Waals surface area contributed by atoms with E-state index in [0.717, 1.165) is 31.6 Å². The summed E-state index contributed by atoms with van der Waals surface area (Å²) in [7, 11) is 0. The Morgan fingerprint density at radius 3 is 3.00 bits per heavy atom. The topological polar surface area (TPSA) is 54.0 Å². The van der Waals surface area contributed by atoms with Crippen molar-refractivity contribution < 1.29 is 4.79 Å². The van der Waals surface area contributed by atoms with Crippen molar-refractivity contribution in [1.29, 1.82) is 0 Å². The van der Waals surface area contributed by atoms with Crippen LogP contribution < -0.4 is 10.6 Å². The molecule has 1 amide bonds. The Bertz CT molecular complexity index is 399. The molecule has 2 rings (SSSR count). The molecule has 1 saturated heterocycles. The molecular weight excluding hydrogens is 226 g/mol. The van der Waals surface area contributed by atoms with Crippen LogP contribution in [-0.2, 0) is 4.79 Å². The van der Waals surface area contributed by atoms with Gasteiger partial charge in [-0.2, -0.15) is 0 Å². The van der Waals surface area contributed by atoms with Crippen LogP contribution in [0.2, 0.25) is 0 Å². The van der Waals surface area contributed by atoms with Gasteiger partial charge in [-0.05, 0) is 38.4 Å². The average molecular weight is 247 g/mol. The second kappa shape index (κ2) is 5.48. The van der Waals surface area contributed by atoms with Crippen molar-refractivity contribution in [2.45, 2.75) is 32.7 Å². The van der Waals surface area contributed by atoms with Crippen LogP contribution >= 0.6 is 0 Å². The molecule has 1 fully saturated rings. The Kier molecular flexibility index (Phi) is 3.97. The standard InChI is InChI=1S/C14H21N3O/c1-3-14(7-9-15-10-14)13(18)17-11(2)12-6-4-5-8-16-12/h4-6,8,11,15H,3,7,9-10H2,1-2H3,(H,17,18). The highest BCUT2D eigenvalue weighted by atomic mass is 16.2. The number of rotatable bonds is 4. The third-order valence-corrected chi connectivity index (χ3v) is 3.88. The van der Waals surface area contributed by atoms with Gasteiger partial charge in [0.05, 0.1) is 17.2 Å². The Morgan fingerprint density at radius 1 is 1.61 bits per heavy atom. The van der Waals surface area contributed by atoms with E-state index < -0.39 is 0 Å². The predicted molar refractivity (Wildman–Crippen MR) is 71.0 cm³/mol. The number of hydrogen-bond acceptors (Lipinski definition) is 3. The van der Waals surface area contributed by atoms with Gasteiger partial charge >= 0.3 is 0 Å². The molecule has 1 aromatic heterocycles. The summed E-state index contributed by atoms with van der Waals surface area (Å²) < 4.78 is 0. The van der Waals surface area contributed by atoms with Crippen molar-refractivity contribution in [3.8, 4) is 0 Å². The largest absolute Gasteiger partial charge is 0.347 e. The van der Waals surface area contributed by atoms with E-state index in [4.69, 9.17) is 0 Å². The molecule has 2 unspecified atom stereocenters. The molecular formula is C14H21N3O. The second-order valence-electron chi connectivity index (χ2n) is 5.01. The van der Waals surface area contributed by atoms with Gasteiger partial charge in [0.15, 0.2) is 0 Å². The molecule has 1 aliphatic rings. The van der Waals surface area contributed by atoms with Gasteiger partial charge in [-0.15, -0.1) is 0 Å². The lowest BCUT2D eigenvalue weighted by Gasteiger charge is -2.27. The Balaban J connectivity index is 2.03. The molecule has 18 heavy (non-hydrogen) atoms. The Morgan fingerprint density at radius 2 is 2.44 bits per heavy atom. The summed E-state index contributed by atoms with van der Waals surface area (Å²) in [6.07, 6.45) is 3.55. The van der Waals surface area contributed by atoms with Gasteiger partial charge in [0, 0.05) is 12.7 Å². The normalized spacial score (nSPS) is 24.8. The van der Waals surface area contributed by atoms with E-state index in [9.17, 15) is 4.79 Å². The van der Waals surface area contributed by atoms with Crippen LogP contribution in [0.3, 0.4) is 0 Å². The van der Waals surface area contributed by atoms with Crippen LogP contribution in [0.1, 0.15) is 38.4 Å². The summed E-state index contributed by atoms with van der Waals surface area (Å²) in [5.41, 5.74) is 0.673. The summed E-state index contributed by atoms with van der Waals surface area (Å²) in [4.78, 5) is 16.7. The molecule has 4 heteroatoms. The SMILES string of the molecule is CCC1(C(=O)NC(C)c2ccccn2)CCNC1. The van der Waals surface area contributed by atoms with Gasteiger partial charge in [0.2, 0.25) is 5.91 Å². The minimum Gasteiger partial charge on any atom is -0.347 e. The maximum absolute atomic E-state index is 12.4. The van der Waals surface area contributed by atoms with Crippen molar-refractivity contribution in [2.75, 3.05) is 13.1 Å². The molecule has 2 heterocycles. The number of pyridine rings is 1. The molecule has 0 saturated carbocycles. The van der Waals surface area contributed by atoms with Gasteiger partial charge in [0.25, 0.3) is 0 Å². The molecule has 0 bridgehead atoms. The fourth-order valence-electron chi connectivity index (χ4n) is 2.46. The number of carbonyl (C=O) groups excluding carboxylic acids is 1. The number of amides is 1. The monoisotopic (exact) mass is 247 g/mol. The lowest BCUT2D eigenvalue weighted by Crippen LogP contribution is -2.43. The highest BCUT2D eigenvalue weighted by Crippen LogP contribution is 2.30. The quantitative estimate of drug-likeness (QED) is 0.850. The third-order valence-electron chi connectivity index (χ3n) is 3.88. The van der Waals surface area contributed by atoms with Crippen LogP contribution in [0, 0.1) is 5.41 Å². The highest BCUT2D eigenvalue weighted by Gasteiger charge is 2.39. The zero-order valence-corrected chi connectivity index (χ0v) is 11.1. The minimum absolute atomic E-state index is 0.0391. The first-order valence-electron chi connectivity index (χ1n) is 6.60. The summed E-state index contributed by atoms with van der Waals surface area (Å²) in [5, 5.41) is 6.37. The number of aromatic nitrogens is 1. The van der Waals surface area contributed by atoms with Gasteiger partial charge in [-0.25, -0.2) is 0 Å². The van der Waals surface area contributed by atoms with Gasteiger partial charge < -0.3 is 10.6 Å². The second-order valence-corrected chi connectivity index (χ2v) is 5.01. The highest BCUT2D eigenvalue weighted by molar-refractivity contribution is 5.83. The average Bonchev–Trinajstić information content (AvgIpc) is 2.89. The molecule has 1 aromatic rings. The van der Waals surface area contributed by atoms with E-state index in [-0.39, 0.29) is 17.4 Å². The fourth-order valence-corrected chi connectivity index (χ4v) is 2.46. The van der Waals surface area contributed by atoms with Gasteiger partial charge in [0.1, 0.15) is 0 Å². The smallest absolute Gasteiger partial charge is 0.228 e. The number of hydrogen-bond donors (Lipinski definition) is 2. The lowest BCUT2D eigenvalue weighted by atomic mass is 9.83. The first-order chi connectivity index (χ1) is 8.68. The van der Waals surface area contributed by atoms with Crippen LogP contribution in [0.25, 0.3) is 0 Å². The number of carbonyl (C=O) groups is 1. The van der Waals surface area contributed by atoms with Crippen LogP contribution in [-0.4, -0.2) is 24.0 Å². The summed E-state index contributed by atoms with van der Waals surface area (Å²) >= 11 is 0. The zero-order chi connectivity index (χ0) is 13.0. The summed E-state index contributed by atoms with van der Waals surface area (Å²) in [6, 6.07) is 5.73. The van der Waals surface area contributed by atoms with E-state index >= 15 is 0 Å². The summed E-state index contributed by atoms with van der Waals surface area (Å²) in [6.45, 7) is 5.77. The van der Waals surface area contributed by atoms with E-state index in [0.29, 0.717) is 0 Å². The molecule has 1 aliphatic heterocycles. The molecule has 0 aromatic carbocycles. The molecule has 0 aliphatic carbocycles. The molecule has 0 radical (unpaired) electrons. The van der Waals surface area contributed by atoms with E-state index in [1.807, 2.05) is 25.1 Å². The molecule has 2 atom stereocenters. The van der Waals surface area contributed by atoms with Crippen molar-refractivity contribution >= 4 is 5.91 Å². The van der Waals surface area contributed by atoms with Gasteiger partial charge in [-0.3, -0.25) is 9.78 Å². The van der Waals surface area contributed by atoms with Crippen molar-refractivity contribution in [3.63, 3.8) is 0 Å². The number of nitrogens with one attached hydrogen (secondary N) is 2. The first kappa shape index (κ1) is 13.0. The maximum Gasteiger partial charge on any atom is 0.228 e. The van der Waals surface area contributed by atoms with Crippen LogP contribution in [0.15, 0.2) is 24.4 Å². The van der Waals surface area contributed by atoms with Crippen LogP contribution in [0.5, 0.6) is 0 Å². The van der Waals surface area contributed by atoms with E-state index in [2.05, 4.69) is 22.5 Å². The first-order valence-corrected chi connectivity index (χ1v) is 6.60. The molecule has 0 spiro atoms. The molecule has 4 nitrogen and oxygen atoms in total. The van der Waals surface area contributed by atoms with Crippen molar-refractivity contribution in [1.82, 2.24) is 15.6 Å². The molecule has 98 valence electrons. The maximum atomic E-state index is 12.4. The van der Waals surface area contributed by atoms with E-state index in [1.165, 1.54) is 0 Å². The molecule has 2 N–H and O–H groups in total. The Labute approximate surface area is 108 Å². The summed E-state index contributed by atoms with van der Waals surface area (Å²) in [5.74, 6) is 0.146. The third kappa shape index (κ3) is 2.53. The van der Waals surface area contributed by atoms with Crippen molar-refractivity contribution in [3.05, 3.63) is 30.1 Å². The lowest BCUT2D eigenvalue weighted by molar-refractivity contribution is -0.131. The fraction of sp³-hybridized carbons (Fsp3) is 0.571. The predicted octanol–water partition coefficient (Wildman–Crippen LogP) is 1.65. The number of nitrogens with zero attached hydrogens (tertiary/aromatic N) is 1.